The van der Waals surface area contributed by atoms with Gasteiger partial charge in [0.25, 0.3) is 0 Å². The van der Waals surface area contributed by atoms with Gasteiger partial charge in [-0.25, -0.2) is 4.79 Å². The first kappa shape index (κ1) is 14.2. The van der Waals surface area contributed by atoms with E-state index >= 15 is 0 Å². The maximum atomic E-state index is 11.9. The van der Waals surface area contributed by atoms with Gasteiger partial charge < -0.3 is 18.5 Å². The molecule has 0 N–H and O–H groups in total. The molecule has 1 atom stereocenters. The zero-order valence-corrected chi connectivity index (χ0v) is 10.0. The lowest BCUT2D eigenvalue weighted by Crippen LogP contribution is -2.18. The van der Waals surface area contributed by atoms with Gasteiger partial charge in [0.15, 0.2) is 0 Å². The minimum Gasteiger partial charge on any atom is -0.438 e. The summed E-state index contributed by atoms with van der Waals surface area (Å²) >= 11 is 0. The molecule has 15 heavy (non-hydrogen) atoms. The molecule has 0 saturated carbocycles. The van der Waals surface area contributed by atoms with Crippen LogP contribution in [-0.2, 0) is 23.1 Å². The van der Waals surface area contributed by atoms with Crippen LogP contribution in [0.1, 0.15) is 6.92 Å². The maximum absolute atomic E-state index is 11.9. The first-order valence-electron chi connectivity index (χ1n) is 4.12. The van der Waals surface area contributed by atoms with Crippen LogP contribution in [0.25, 0.3) is 0 Å². The van der Waals surface area contributed by atoms with Gasteiger partial charge in [-0.15, -0.1) is 0 Å². The highest BCUT2D eigenvalue weighted by molar-refractivity contribution is 7.54. The van der Waals surface area contributed by atoms with E-state index in [1.54, 1.807) is 13.0 Å². The first-order chi connectivity index (χ1) is 7.03. The van der Waals surface area contributed by atoms with Crippen LogP contribution in [0, 0.1) is 0 Å². The number of allylic oxidation sites excluding steroid dienone is 1. The molecule has 0 aliphatic carbocycles. The van der Waals surface area contributed by atoms with Gasteiger partial charge in [0.05, 0.1) is 7.11 Å². The highest BCUT2D eigenvalue weighted by Gasteiger charge is 2.35. The van der Waals surface area contributed by atoms with E-state index in [4.69, 9.17) is 13.8 Å². The topological polar surface area (TPSA) is 71.1 Å². The van der Waals surface area contributed by atoms with Gasteiger partial charge in [0, 0.05) is 14.2 Å². The van der Waals surface area contributed by atoms with Gasteiger partial charge in [0.2, 0.25) is 5.85 Å². The second-order valence-electron chi connectivity index (χ2n) is 2.39. The van der Waals surface area contributed by atoms with Gasteiger partial charge >= 0.3 is 13.8 Å². The van der Waals surface area contributed by atoms with Crippen LogP contribution in [0.3, 0.4) is 0 Å². The van der Waals surface area contributed by atoms with E-state index in [9.17, 15) is 9.36 Å². The maximum Gasteiger partial charge on any atom is 0.509 e. The van der Waals surface area contributed by atoms with Crippen molar-refractivity contribution < 1.29 is 27.9 Å². The van der Waals surface area contributed by atoms with Crippen molar-refractivity contribution in [1.29, 1.82) is 0 Å². The largest absolute Gasteiger partial charge is 0.509 e. The smallest absolute Gasteiger partial charge is 0.438 e. The lowest BCUT2D eigenvalue weighted by Gasteiger charge is -2.20. The van der Waals surface area contributed by atoms with Crippen molar-refractivity contribution in [2.24, 2.45) is 0 Å². The van der Waals surface area contributed by atoms with Crippen molar-refractivity contribution in [2.45, 2.75) is 12.8 Å². The molecule has 6 nitrogen and oxygen atoms in total. The Bertz CT molecular complexity index is 266. The predicted molar refractivity (Wildman–Crippen MR) is 53.7 cm³/mol. The summed E-state index contributed by atoms with van der Waals surface area (Å²) in [6.45, 7) is 1.68. The van der Waals surface area contributed by atoms with E-state index in [2.05, 4.69) is 4.74 Å². The molecular weight excluding hydrogens is 223 g/mol. The molecule has 0 aromatic heterocycles. The monoisotopic (exact) mass is 238 g/mol. The summed E-state index contributed by atoms with van der Waals surface area (Å²) in [5, 5.41) is 0. The van der Waals surface area contributed by atoms with Crippen LogP contribution in [0.2, 0.25) is 0 Å². The van der Waals surface area contributed by atoms with Crippen molar-refractivity contribution in [3.63, 3.8) is 0 Å². The van der Waals surface area contributed by atoms with Crippen molar-refractivity contribution >= 4 is 13.8 Å². The summed E-state index contributed by atoms with van der Waals surface area (Å²) in [4.78, 5) is 10.9. The molecule has 0 aliphatic heterocycles. The molecule has 88 valence electrons. The van der Waals surface area contributed by atoms with E-state index in [1.807, 2.05) is 0 Å². The number of methoxy groups -OCH3 is 1. The summed E-state index contributed by atoms with van der Waals surface area (Å²) < 4.78 is 30.3. The summed E-state index contributed by atoms with van der Waals surface area (Å²) in [7, 11) is 0.0871. The molecule has 0 radical (unpaired) electrons. The molecule has 0 bridgehead atoms. The number of ether oxygens (including phenoxy) is 2. The lowest BCUT2D eigenvalue weighted by molar-refractivity contribution is 0.0626. The van der Waals surface area contributed by atoms with Gasteiger partial charge in [-0.1, -0.05) is 6.08 Å². The van der Waals surface area contributed by atoms with Crippen molar-refractivity contribution in [3.8, 4) is 0 Å². The zero-order valence-electron chi connectivity index (χ0n) is 9.13. The molecule has 0 saturated heterocycles. The molecule has 0 aromatic carbocycles. The van der Waals surface area contributed by atoms with Crippen LogP contribution < -0.4 is 0 Å². The van der Waals surface area contributed by atoms with Gasteiger partial charge in [-0.05, 0) is 13.0 Å². The fourth-order valence-corrected chi connectivity index (χ4v) is 1.97. The van der Waals surface area contributed by atoms with Crippen molar-refractivity contribution in [2.75, 3.05) is 21.3 Å². The first-order valence-corrected chi connectivity index (χ1v) is 5.73. The second kappa shape index (κ2) is 6.61. The normalized spacial score (nSPS) is 13.9. The predicted octanol–water partition coefficient (Wildman–Crippen LogP) is 2.16. The Balaban J connectivity index is 4.79. The summed E-state index contributed by atoms with van der Waals surface area (Å²) in [5.74, 6) is -1.11. The van der Waals surface area contributed by atoms with Crippen LogP contribution in [0.15, 0.2) is 12.2 Å². The molecule has 0 heterocycles. The third-order valence-corrected chi connectivity index (χ3v) is 3.48. The van der Waals surface area contributed by atoms with Crippen LogP contribution >= 0.6 is 7.60 Å². The van der Waals surface area contributed by atoms with Crippen LogP contribution in [0.5, 0.6) is 0 Å². The van der Waals surface area contributed by atoms with E-state index in [0.29, 0.717) is 0 Å². The second-order valence-corrected chi connectivity index (χ2v) is 4.71. The molecule has 0 spiro atoms. The van der Waals surface area contributed by atoms with Crippen LogP contribution in [-0.4, -0.2) is 33.3 Å². The Morgan fingerprint density at radius 3 is 2.13 bits per heavy atom. The SMILES string of the molecule is C/C=C/[C@@H](OC(=O)OC)P(=O)(OC)OC. The Labute approximate surface area is 88.7 Å². The summed E-state index contributed by atoms with van der Waals surface area (Å²) in [6.07, 6.45) is 2.01. The van der Waals surface area contributed by atoms with E-state index in [1.165, 1.54) is 20.3 Å². The molecule has 0 rings (SSSR count). The standard InChI is InChI=1S/C8H15O6P/c1-5-6-7(14-8(9)11-2)15(10,12-3)13-4/h5-7H,1-4H3/b6-5+/t7-/m0/s1. The molecular formula is C8H15O6P. The molecule has 0 amide bonds. The van der Waals surface area contributed by atoms with Crippen molar-refractivity contribution in [3.05, 3.63) is 12.2 Å². The Kier molecular flexibility index (Phi) is 6.24. The minimum absolute atomic E-state index is 0.951. The molecule has 0 fully saturated rings. The average molecular weight is 238 g/mol. The third kappa shape index (κ3) is 4.03. The zero-order chi connectivity index (χ0) is 11.9. The summed E-state index contributed by atoms with van der Waals surface area (Å²) in [6, 6.07) is 0. The quantitative estimate of drug-likeness (QED) is 0.415. The Morgan fingerprint density at radius 2 is 1.80 bits per heavy atom. The molecule has 0 unspecified atom stereocenters. The average Bonchev–Trinajstić information content (AvgIpc) is 2.27. The van der Waals surface area contributed by atoms with E-state index in [-0.39, 0.29) is 0 Å². The Hall–Kier alpha value is -0.840. The van der Waals surface area contributed by atoms with Crippen LogP contribution in [0.4, 0.5) is 4.79 Å². The Morgan fingerprint density at radius 1 is 1.27 bits per heavy atom. The third-order valence-electron chi connectivity index (χ3n) is 1.56. The lowest BCUT2D eigenvalue weighted by atomic mass is 10.5. The summed E-state index contributed by atoms with van der Waals surface area (Å²) in [5.41, 5.74) is 0. The minimum atomic E-state index is -3.48. The number of carbonyl (C=O) groups is 1. The number of rotatable bonds is 5. The fraction of sp³-hybridized carbons (Fsp3) is 0.625. The van der Waals surface area contributed by atoms with Gasteiger partial charge in [-0.3, -0.25) is 4.57 Å². The highest BCUT2D eigenvalue weighted by Crippen LogP contribution is 2.52. The van der Waals surface area contributed by atoms with Crippen molar-refractivity contribution in [1.82, 2.24) is 0 Å². The molecule has 7 heteroatoms. The van der Waals surface area contributed by atoms with E-state index < -0.39 is 19.6 Å². The molecule has 0 aromatic rings. The number of hydrogen-bond acceptors (Lipinski definition) is 6. The van der Waals surface area contributed by atoms with E-state index in [0.717, 1.165) is 7.11 Å². The molecule has 0 aliphatic rings. The fourth-order valence-electron chi connectivity index (χ4n) is 0.803. The number of carbonyl (C=O) groups excluding carboxylic acids is 1. The number of hydrogen-bond donors (Lipinski definition) is 0. The van der Waals surface area contributed by atoms with Gasteiger partial charge in [0.1, 0.15) is 0 Å². The van der Waals surface area contributed by atoms with Gasteiger partial charge in [-0.2, -0.15) is 0 Å². The highest BCUT2D eigenvalue weighted by atomic mass is 31.2.